The van der Waals surface area contributed by atoms with E-state index in [1.807, 2.05) is 18.2 Å². The molecule has 1 saturated heterocycles. The van der Waals surface area contributed by atoms with Crippen molar-refractivity contribution in [2.45, 2.75) is 31.6 Å². The second-order valence-corrected chi connectivity index (χ2v) is 7.23. The number of para-hydroxylation sites is 1. The third-order valence-electron chi connectivity index (χ3n) is 4.43. The average molecular weight is 397 g/mol. The molecule has 9 heteroatoms. The molecule has 1 aliphatic rings. The molecule has 146 valence electrons. The number of hydrogen-bond acceptors (Lipinski definition) is 4. The highest BCUT2D eigenvalue weighted by Crippen LogP contribution is 2.29. The Bertz CT molecular complexity index is 752. The Balaban J connectivity index is 1.46. The predicted octanol–water partition coefficient (Wildman–Crippen LogP) is 3.50. The molecule has 2 heterocycles. The minimum atomic E-state index is -4.40. The molecule has 3 rings (SSSR count). The zero-order valence-electron chi connectivity index (χ0n) is 15.0. The van der Waals surface area contributed by atoms with E-state index >= 15 is 0 Å². The van der Waals surface area contributed by atoms with Crippen molar-refractivity contribution < 1.29 is 13.2 Å². The first-order valence-electron chi connectivity index (χ1n) is 8.74. The first-order chi connectivity index (χ1) is 13.0. The van der Waals surface area contributed by atoms with Gasteiger partial charge in [0.2, 0.25) is 0 Å². The Labute approximate surface area is 160 Å². The summed E-state index contributed by atoms with van der Waals surface area (Å²) in [5, 5.41) is 7.81. The summed E-state index contributed by atoms with van der Waals surface area (Å²) >= 11 is 0.990. The summed E-state index contributed by atoms with van der Waals surface area (Å²) in [5.74, 6) is 0.580. The number of aliphatic imine (C=N–C) groups is 1. The zero-order chi connectivity index (χ0) is 19.3. The van der Waals surface area contributed by atoms with Crippen LogP contribution in [0.15, 0.2) is 40.7 Å². The van der Waals surface area contributed by atoms with Gasteiger partial charge in [0, 0.05) is 37.2 Å². The van der Waals surface area contributed by atoms with Gasteiger partial charge in [-0.05, 0) is 25.0 Å². The number of anilines is 1. The summed E-state index contributed by atoms with van der Waals surface area (Å²) in [7, 11) is 1.65. The molecule has 1 aromatic carbocycles. The first kappa shape index (κ1) is 19.5. The quantitative estimate of drug-likeness (QED) is 0.613. The van der Waals surface area contributed by atoms with Crippen molar-refractivity contribution in [3.05, 3.63) is 46.4 Å². The number of aromatic nitrogens is 1. The molecular formula is C18H22F3N5S. The monoisotopic (exact) mass is 397 g/mol. The molecule has 1 aromatic heterocycles. The number of benzene rings is 1. The number of thiazole rings is 1. The number of guanidine groups is 1. The number of rotatable bonds is 4. The second-order valence-electron chi connectivity index (χ2n) is 6.29. The summed E-state index contributed by atoms with van der Waals surface area (Å²) in [4.78, 5) is 10.1. The summed E-state index contributed by atoms with van der Waals surface area (Å²) in [6.45, 7) is 2.10. The minimum absolute atomic E-state index is 0.212. The van der Waals surface area contributed by atoms with E-state index in [0.29, 0.717) is 11.0 Å². The van der Waals surface area contributed by atoms with Crippen LogP contribution in [-0.2, 0) is 12.7 Å². The van der Waals surface area contributed by atoms with Crippen LogP contribution in [0.1, 0.15) is 23.5 Å². The molecule has 0 saturated carbocycles. The highest BCUT2D eigenvalue weighted by atomic mass is 32.1. The van der Waals surface area contributed by atoms with Gasteiger partial charge in [-0.1, -0.05) is 18.2 Å². The largest absolute Gasteiger partial charge is 0.434 e. The predicted molar refractivity (Wildman–Crippen MR) is 102 cm³/mol. The lowest BCUT2D eigenvalue weighted by Crippen LogP contribution is -2.48. The molecule has 1 aliphatic heterocycles. The van der Waals surface area contributed by atoms with E-state index in [2.05, 4.69) is 37.6 Å². The minimum Gasteiger partial charge on any atom is -0.371 e. The Hall–Kier alpha value is -2.29. The van der Waals surface area contributed by atoms with Crippen LogP contribution < -0.4 is 15.5 Å². The van der Waals surface area contributed by atoms with Gasteiger partial charge in [-0.15, -0.1) is 11.3 Å². The normalized spacial score (nSPS) is 16.4. The molecule has 0 unspecified atom stereocenters. The van der Waals surface area contributed by atoms with Crippen LogP contribution in [-0.4, -0.2) is 37.1 Å². The number of nitrogens with zero attached hydrogens (tertiary/aromatic N) is 3. The fourth-order valence-electron chi connectivity index (χ4n) is 2.99. The molecule has 2 aromatic rings. The van der Waals surface area contributed by atoms with Crippen LogP contribution in [0, 0.1) is 0 Å². The van der Waals surface area contributed by atoms with E-state index in [0.717, 1.165) is 42.6 Å². The lowest BCUT2D eigenvalue weighted by molar-refractivity contribution is -0.140. The van der Waals surface area contributed by atoms with Crippen molar-refractivity contribution in [2.75, 3.05) is 25.0 Å². The third kappa shape index (κ3) is 5.35. The van der Waals surface area contributed by atoms with Gasteiger partial charge in [-0.2, -0.15) is 13.2 Å². The fourth-order valence-corrected chi connectivity index (χ4v) is 3.73. The van der Waals surface area contributed by atoms with Gasteiger partial charge in [-0.25, -0.2) is 4.98 Å². The van der Waals surface area contributed by atoms with Crippen molar-refractivity contribution in [2.24, 2.45) is 4.99 Å². The van der Waals surface area contributed by atoms with E-state index < -0.39 is 11.9 Å². The Morgan fingerprint density at radius 2 is 1.96 bits per heavy atom. The van der Waals surface area contributed by atoms with Gasteiger partial charge in [0.1, 0.15) is 5.01 Å². The van der Waals surface area contributed by atoms with Crippen LogP contribution in [0.25, 0.3) is 0 Å². The molecule has 0 atom stereocenters. The standard InChI is InChI=1S/C18H22F3N5S/c1-22-17(23-11-16-25-15(12-27-16)18(19,20)21)24-13-7-9-26(10-8-13)14-5-3-2-4-6-14/h2-6,12-13H,7-11H2,1H3,(H2,22,23,24). The second kappa shape index (κ2) is 8.60. The number of halogens is 3. The van der Waals surface area contributed by atoms with Gasteiger partial charge < -0.3 is 15.5 Å². The maximum atomic E-state index is 12.6. The number of hydrogen-bond donors (Lipinski definition) is 2. The first-order valence-corrected chi connectivity index (χ1v) is 9.62. The topological polar surface area (TPSA) is 52.6 Å². The van der Waals surface area contributed by atoms with E-state index in [9.17, 15) is 13.2 Å². The van der Waals surface area contributed by atoms with Crippen molar-refractivity contribution in [3.63, 3.8) is 0 Å². The molecule has 2 N–H and O–H groups in total. The van der Waals surface area contributed by atoms with Crippen molar-refractivity contribution in [1.82, 2.24) is 15.6 Å². The molecule has 5 nitrogen and oxygen atoms in total. The van der Waals surface area contributed by atoms with Gasteiger partial charge in [0.25, 0.3) is 0 Å². The molecule has 0 bridgehead atoms. The number of alkyl halides is 3. The lowest BCUT2D eigenvalue weighted by Gasteiger charge is -2.34. The molecule has 27 heavy (non-hydrogen) atoms. The maximum absolute atomic E-state index is 12.6. The van der Waals surface area contributed by atoms with Gasteiger partial charge >= 0.3 is 6.18 Å². The lowest BCUT2D eigenvalue weighted by atomic mass is 10.0. The van der Waals surface area contributed by atoms with E-state index in [1.165, 1.54) is 5.69 Å². The maximum Gasteiger partial charge on any atom is 0.434 e. The number of nitrogens with one attached hydrogen (secondary N) is 2. The third-order valence-corrected chi connectivity index (χ3v) is 5.28. The van der Waals surface area contributed by atoms with Crippen LogP contribution in [0.2, 0.25) is 0 Å². The van der Waals surface area contributed by atoms with E-state index in [1.54, 1.807) is 7.05 Å². The fraction of sp³-hybridized carbons (Fsp3) is 0.444. The summed E-state index contributed by atoms with van der Waals surface area (Å²) < 4.78 is 37.8. The molecule has 1 fully saturated rings. The summed E-state index contributed by atoms with van der Waals surface area (Å²) in [6.07, 6.45) is -2.47. The summed E-state index contributed by atoms with van der Waals surface area (Å²) in [6, 6.07) is 10.6. The van der Waals surface area contributed by atoms with Gasteiger partial charge in [0.05, 0.1) is 6.54 Å². The van der Waals surface area contributed by atoms with Crippen LogP contribution in [0.3, 0.4) is 0 Å². The van der Waals surface area contributed by atoms with Gasteiger partial charge in [0.15, 0.2) is 11.7 Å². The highest BCUT2D eigenvalue weighted by molar-refractivity contribution is 7.09. The van der Waals surface area contributed by atoms with E-state index in [-0.39, 0.29) is 12.6 Å². The van der Waals surface area contributed by atoms with E-state index in [4.69, 9.17) is 0 Å². The average Bonchev–Trinajstić information content (AvgIpc) is 3.16. The molecule has 0 spiro atoms. The molecule has 0 aliphatic carbocycles. The van der Waals surface area contributed by atoms with Crippen LogP contribution in [0.5, 0.6) is 0 Å². The van der Waals surface area contributed by atoms with Crippen molar-refractivity contribution >= 4 is 23.0 Å². The van der Waals surface area contributed by atoms with Crippen LogP contribution >= 0.6 is 11.3 Å². The summed E-state index contributed by atoms with van der Waals surface area (Å²) in [5.41, 5.74) is 0.378. The molecule has 0 radical (unpaired) electrons. The Morgan fingerprint density at radius 1 is 1.26 bits per heavy atom. The van der Waals surface area contributed by atoms with Crippen molar-refractivity contribution in [3.8, 4) is 0 Å². The number of piperidine rings is 1. The SMILES string of the molecule is CN=C(NCc1nc(C(F)(F)F)cs1)NC1CCN(c2ccccc2)CC1. The smallest absolute Gasteiger partial charge is 0.371 e. The Morgan fingerprint density at radius 3 is 2.56 bits per heavy atom. The Kier molecular flexibility index (Phi) is 6.20. The zero-order valence-corrected chi connectivity index (χ0v) is 15.8. The molecular weight excluding hydrogens is 375 g/mol. The van der Waals surface area contributed by atoms with Crippen LogP contribution in [0.4, 0.5) is 18.9 Å². The van der Waals surface area contributed by atoms with Crippen molar-refractivity contribution in [1.29, 1.82) is 0 Å². The molecule has 0 amide bonds. The highest BCUT2D eigenvalue weighted by Gasteiger charge is 2.33. The van der Waals surface area contributed by atoms with Gasteiger partial charge in [-0.3, -0.25) is 4.99 Å².